The van der Waals surface area contributed by atoms with Gasteiger partial charge < -0.3 is 20.4 Å². The molecule has 0 aromatic heterocycles. The molecule has 6 heteroatoms. The zero-order chi connectivity index (χ0) is 18.0. The van der Waals surface area contributed by atoms with Crippen molar-refractivity contribution >= 4 is 23.3 Å². The fourth-order valence-corrected chi connectivity index (χ4v) is 3.70. The van der Waals surface area contributed by atoms with Gasteiger partial charge in [0.25, 0.3) is 0 Å². The summed E-state index contributed by atoms with van der Waals surface area (Å²) < 4.78 is 0. The quantitative estimate of drug-likeness (QED) is 0.669. The number of carbonyl (C=O) groups is 1. The Morgan fingerprint density at radius 2 is 1.72 bits per heavy atom. The van der Waals surface area contributed by atoms with E-state index in [-0.39, 0.29) is 5.57 Å². The maximum absolute atomic E-state index is 11.3. The van der Waals surface area contributed by atoms with Gasteiger partial charge in [0.05, 0.1) is 6.10 Å². The molecule has 0 saturated heterocycles. The van der Waals surface area contributed by atoms with Crippen molar-refractivity contribution in [2.24, 2.45) is 0 Å². The minimum absolute atomic E-state index is 0.208. The van der Waals surface area contributed by atoms with Gasteiger partial charge in [0.15, 0.2) is 5.60 Å². The molecule has 0 aliphatic heterocycles. The largest absolute Gasteiger partial charge is 0.479 e. The third kappa shape index (κ3) is 3.77. The van der Waals surface area contributed by atoms with Crippen LogP contribution in [0.5, 0.6) is 0 Å². The summed E-state index contributed by atoms with van der Waals surface area (Å²) in [5.41, 5.74) is -1.43. The van der Waals surface area contributed by atoms with E-state index in [1.54, 1.807) is 18.2 Å². The van der Waals surface area contributed by atoms with Gasteiger partial charge in [-0.15, -0.1) is 0 Å². The van der Waals surface area contributed by atoms with Crippen molar-refractivity contribution in [1.29, 1.82) is 0 Å². The van der Waals surface area contributed by atoms with Crippen molar-refractivity contribution in [3.8, 4) is 0 Å². The average Bonchev–Trinajstić information content (AvgIpc) is 2.59. The van der Waals surface area contributed by atoms with E-state index >= 15 is 0 Å². The van der Waals surface area contributed by atoms with Crippen molar-refractivity contribution in [3.05, 3.63) is 66.2 Å². The van der Waals surface area contributed by atoms with Gasteiger partial charge in [-0.05, 0) is 41.5 Å². The van der Waals surface area contributed by atoms with E-state index in [2.05, 4.69) is 0 Å². The lowest BCUT2D eigenvalue weighted by atomic mass is 9.80. The minimum Gasteiger partial charge on any atom is -0.479 e. The molecule has 3 rings (SSSR count). The van der Waals surface area contributed by atoms with Crippen molar-refractivity contribution in [1.82, 2.24) is 0 Å². The lowest BCUT2D eigenvalue weighted by molar-refractivity contribution is -0.157. The van der Waals surface area contributed by atoms with Gasteiger partial charge in [0, 0.05) is 16.2 Å². The van der Waals surface area contributed by atoms with Crippen LogP contribution in [0.1, 0.15) is 12.0 Å². The lowest BCUT2D eigenvalue weighted by Gasteiger charge is -2.33. The summed E-state index contributed by atoms with van der Waals surface area (Å²) in [6, 6.07) is 16.9. The van der Waals surface area contributed by atoms with Gasteiger partial charge in [-0.1, -0.05) is 42.1 Å². The molecule has 130 valence electrons. The minimum atomic E-state index is -2.20. The second-order valence-corrected chi connectivity index (χ2v) is 7.14. The van der Waals surface area contributed by atoms with Crippen LogP contribution in [0, 0.1) is 0 Å². The number of carboxylic acid groups (broad SMARTS) is 1. The first kappa shape index (κ1) is 17.7. The number of aliphatic hydroxyl groups excluding tert-OH is 2. The Balaban J connectivity index is 1.96. The van der Waals surface area contributed by atoms with Crippen molar-refractivity contribution in [3.63, 3.8) is 0 Å². The second-order valence-electron chi connectivity index (χ2n) is 5.99. The fraction of sp³-hybridized carbons (Fsp3) is 0.211. The van der Waals surface area contributed by atoms with Gasteiger partial charge in [-0.3, -0.25) is 0 Å². The molecular formula is C19H18O5S. The summed E-state index contributed by atoms with van der Waals surface area (Å²) in [6.45, 7) is 0. The van der Waals surface area contributed by atoms with Crippen LogP contribution in [-0.2, 0) is 4.79 Å². The van der Waals surface area contributed by atoms with E-state index in [1.165, 1.54) is 11.8 Å². The third-order valence-electron chi connectivity index (χ3n) is 4.11. The topological polar surface area (TPSA) is 98.0 Å². The molecule has 0 unspecified atom stereocenters. The SMILES string of the molecule is O=C(O)[C@]1(O)C=C(c2cccc(Sc3ccccc3)c2)[C@@H](O)[C@H](O)C1. The monoisotopic (exact) mass is 358 g/mol. The van der Waals surface area contributed by atoms with Crippen LogP contribution in [-0.4, -0.2) is 44.2 Å². The van der Waals surface area contributed by atoms with E-state index in [1.807, 2.05) is 36.4 Å². The predicted molar refractivity (Wildman–Crippen MR) is 94.2 cm³/mol. The summed E-state index contributed by atoms with van der Waals surface area (Å²) in [4.78, 5) is 13.3. The van der Waals surface area contributed by atoms with Gasteiger partial charge >= 0.3 is 5.97 Å². The van der Waals surface area contributed by atoms with Crippen LogP contribution >= 0.6 is 11.8 Å². The first-order valence-corrected chi connectivity index (χ1v) is 8.59. The van der Waals surface area contributed by atoms with Crippen molar-refractivity contribution in [2.75, 3.05) is 0 Å². The van der Waals surface area contributed by atoms with E-state index in [0.717, 1.165) is 15.9 Å². The Morgan fingerprint density at radius 3 is 2.40 bits per heavy atom. The summed E-state index contributed by atoms with van der Waals surface area (Å²) in [5, 5.41) is 39.7. The highest BCUT2D eigenvalue weighted by atomic mass is 32.2. The summed E-state index contributed by atoms with van der Waals surface area (Å²) in [7, 11) is 0. The maximum atomic E-state index is 11.3. The van der Waals surface area contributed by atoms with Crippen LogP contribution in [0.3, 0.4) is 0 Å². The van der Waals surface area contributed by atoms with Crippen molar-refractivity contribution in [2.45, 2.75) is 34.0 Å². The second kappa shape index (κ2) is 7.01. The molecule has 0 bridgehead atoms. The normalized spacial score (nSPS) is 26.1. The summed E-state index contributed by atoms with van der Waals surface area (Å²) >= 11 is 1.52. The number of aliphatic carboxylic acids is 1. The highest BCUT2D eigenvalue weighted by Crippen LogP contribution is 2.36. The Labute approximate surface area is 149 Å². The highest BCUT2D eigenvalue weighted by Gasteiger charge is 2.43. The molecule has 1 aliphatic carbocycles. The van der Waals surface area contributed by atoms with E-state index in [9.17, 15) is 25.2 Å². The molecule has 25 heavy (non-hydrogen) atoms. The molecule has 0 radical (unpaired) electrons. The van der Waals surface area contributed by atoms with Crippen LogP contribution in [0.2, 0.25) is 0 Å². The number of hydrogen-bond donors (Lipinski definition) is 4. The highest BCUT2D eigenvalue weighted by molar-refractivity contribution is 7.99. The van der Waals surface area contributed by atoms with Gasteiger partial charge in [-0.2, -0.15) is 0 Å². The number of rotatable bonds is 4. The van der Waals surface area contributed by atoms with Gasteiger partial charge in [-0.25, -0.2) is 4.79 Å². The molecule has 3 atom stereocenters. The third-order valence-corrected chi connectivity index (χ3v) is 5.11. The molecule has 5 nitrogen and oxygen atoms in total. The molecule has 2 aromatic rings. The van der Waals surface area contributed by atoms with Gasteiger partial charge in [0.1, 0.15) is 6.10 Å². The standard InChI is InChI=1S/C19H18O5S/c20-16-11-19(24,18(22)23)10-15(17(16)21)12-5-4-8-14(9-12)25-13-6-2-1-3-7-13/h1-10,16-17,20-21,24H,11H2,(H,22,23)/t16-,17-,19+/m1/s1. The molecule has 0 saturated carbocycles. The maximum Gasteiger partial charge on any atom is 0.339 e. The molecule has 1 aliphatic rings. The Morgan fingerprint density at radius 1 is 1.04 bits per heavy atom. The zero-order valence-corrected chi connectivity index (χ0v) is 14.1. The Kier molecular flexibility index (Phi) is 4.96. The van der Waals surface area contributed by atoms with Crippen molar-refractivity contribution < 1.29 is 25.2 Å². The van der Waals surface area contributed by atoms with Crippen LogP contribution in [0.25, 0.3) is 5.57 Å². The molecular weight excluding hydrogens is 340 g/mol. The molecule has 0 amide bonds. The summed E-state index contributed by atoms with van der Waals surface area (Å²) in [6.07, 6.45) is -1.94. The summed E-state index contributed by atoms with van der Waals surface area (Å²) in [5.74, 6) is -1.45. The van der Waals surface area contributed by atoms with Crippen LogP contribution in [0.15, 0.2) is 70.5 Å². The van der Waals surface area contributed by atoms with Gasteiger partial charge in [0.2, 0.25) is 0 Å². The fourth-order valence-electron chi connectivity index (χ4n) is 2.81. The Hall–Kier alpha value is -2.12. The number of benzene rings is 2. The number of aliphatic hydroxyl groups is 3. The van der Waals surface area contributed by atoms with Crippen LogP contribution < -0.4 is 0 Å². The molecule has 4 N–H and O–H groups in total. The van der Waals surface area contributed by atoms with E-state index < -0.39 is 30.2 Å². The number of carboxylic acids is 1. The lowest BCUT2D eigenvalue weighted by Crippen LogP contribution is -2.47. The molecule has 0 fully saturated rings. The van der Waals surface area contributed by atoms with E-state index in [0.29, 0.717) is 5.56 Å². The molecule has 0 spiro atoms. The van der Waals surface area contributed by atoms with E-state index in [4.69, 9.17) is 0 Å². The molecule has 2 aromatic carbocycles. The average molecular weight is 358 g/mol. The Bertz CT molecular complexity index is 804. The number of hydrogen-bond acceptors (Lipinski definition) is 5. The molecule has 0 heterocycles. The van der Waals surface area contributed by atoms with Crippen LogP contribution in [0.4, 0.5) is 0 Å². The predicted octanol–water partition coefficient (Wildman–Crippen LogP) is 2.16. The zero-order valence-electron chi connectivity index (χ0n) is 13.2. The smallest absolute Gasteiger partial charge is 0.339 e. The first-order chi connectivity index (χ1) is 11.9. The first-order valence-electron chi connectivity index (χ1n) is 7.77.